The van der Waals surface area contributed by atoms with Gasteiger partial charge < -0.3 is 10.5 Å². The number of thioether (sulfide) groups is 1. The molecule has 1 aromatic carbocycles. The first-order valence-electron chi connectivity index (χ1n) is 9.75. The summed E-state index contributed by atoms with van der Waals surface area (Å²) in [4.78, 5) is 6.15. The van der Waals surface area contributed by atoms with Crippen molar-refractivity contribution < 1.29 is 9.13 Å². The Hall–Kier alpha value is -2.49. The van der Waals surface area contributed by atoms with Crippen molar-refractivity contribution in [2.24, 2.45) is 0 Å². The maximum atomic E-state index is 14.1. The number of thiophene rings is 1. The van der Waals surface area contributed by atoms with Crippen LogP contribution < -0.4 is 5.73 Å². The summed E-state index contributed by atoms with van der Waals surface area (Å²) in [6.07, 6.45) is 3.92. The van der Waals surface area contributed by atoms with Gasteiger partial charge in [0, 0.05) is 23.9 Å². The van der Waals surface area contributed by atoms with Gasteiger partial charge in [-0.1, -0.05) is 30.0 Å². The van der Waals surface area contributed by atoms with Gasteiger partial charge in [0.05, 0.1) is 23.2 Å². The minimum Gasteiger partial charge on any atom is -0.397 e. The number of nitrogens with two attached hydrogens (primary N) is 1. The third-order valence-electron chi connectivity index (χ3n) is 5.15. The van der Waals surface area contributed by atoms with E-state index in [1.165, 1.54) is 29.2 Å². The predicted molar refractivity (Wildman–Crippen MR) is 118 cm³/mol. The first kappa shape index (κ1) is 19.5. The maximum absolute atomic E-state index is 14.1. The van der Waals surface area contributed by atoms with Crippen LogP contribution in [0.3, 0.4) is 0 Å². The number of hydrogen-bond donors (Lipinski definition) is 1. The largest absolute Gasteiger partial charge is 0.397 e. The van der Waals surface area contributed by atoms with E-state index in [0.717, 1.165) is 39.7 Å². The van der Waals surface area contributed by atoms with Crippen molar-refractivity contribution in [2.45, 2.75) is 36.4 Å². The summed E-state index contributed by atoms with van der Waals surface area (Å²) in [6.45, 7) is 1.41. The molecule has 1 atom stereocenters. The fourth-order valence-corrected chi connectivity index (χ4v) is 5.59. The molecule has 1 fully saturated rings. The minimum atomic E-state index is -0.213. The van der Waals surface area contributed by atoms with Crippen LogP contribution in [0.5, 0.6) is 0 Å². The zero-order valence-electron chi connectivity index (χ0n) is 16.1. The number of anilines is 1. The highest BCUT2D eigenvalue weighted by Gasteiger charge is 2.24. The summed E-state index contributed by atoms with van der Waals surface area (Å²) < 4.78 is 22.0. The van der Waals surface area contributed by atoms with Crippen molar-refractivity contribution in [3.8, 4) is 10.7 Å². The fourth-order valence-electron chi connectivity index (χ4n) is 3.59. The zero-order chi connectivity index (χ0) is 20.5. The second kappa shape index (κ2) is 8.33. The number of benzene rings is 1. The second-order valence-corrected chi connectivity index (χ2v) is 9.07. The minimum absolute atomic E-state index is 0.112. The lowest BCUT2D eigenvalue weighted by atomic mass is 10.2. The highest BCUT2D eigenvalue weighted by Crippen LogP contribution is 2.40. The van der Waals surface area contributed by atoms with Gasteiger partial charge in [0.15, 0.2) is 11.0 Å². The molecule has 4 aromatic rings. The zero-order valence-corrected chi connectivity index (χ0v) is 17.8. The molecule has 5 rings (SSSR count). The molecule has 6 nitrogen and oxygen atoms in total. The number of ether oxygens (including phenoxy) is 1. The average molecular weight is 442 g/mol. The molecule has 154 valence electrons. The van der Waals surface area contributed by atoms with Crippen LogP contribution in [-0.2, 0) is 17.0 Å². The molecule has 0 radical (unpaired) electrons. The Bertz CT molecular complexity index is 1190. The van der Waals surface area contributed by atoms with Gasteiger partial charge in [-0.25, -0.2) is 9.37 Å². The molecule has 0 saturated carbocycles. The lowest BCUT2D eigenvalue weighted by Gasteiger charge is -2.14. The van der Waals surface area contributed by atoms with Crippen molar-refractivity contribution >= 4 is 39.0 Å². The van der Waals surface area contributed by atoms with Gasteiger partial charge in [-0.3, -0.25) is 4.57 Å². The van der Waals surface area contributed by atoms with Gasteiger partial charge in [0.1, 0.15) is 10.6 Å². The van der Waals surface area contributed by atoms with E-state index in [2.05, 4.69) is 19.7 Å². The maximum Gasteiger partial charge on any atom is 0.191 e. The molecule has 30 heavy (non-hydrogen) atoms. The third kappa shape index (κ3) is 3.68. The molecule has 1 aliphatic rings. The Morgan fingerprint density at radius 3 is 2.93 bits per heavy atom. The van der Waals surface area contributed by atoms with Crippen LogP contribution in [0.25, 0.3) is 20.9 Å². The summed E-state index contributed by atoms with van der Waals surface area (Å²) in [5.74, 6) is 0.969. The lowest BCUT2D eigenvalue weighted by molar-refractivity contribution is 0.0953. The molecule has 9 heteroatoms. The predicted octanol–water partition coefficient (Wildman–Crippen LogP) is 4.75. The molecule has 0 amide bonds. The molecular formula is C21H20FN5OS2. The summed E-state index contributed by atoms with van der Waals surface area (Å²) in [7, 11) is 0. The molecule has 1 saturated heterocycles. The molecule has 2 N–H and O–H groups in total. The van der Waals surface area contributed by atoms with Crippen molar-refractivity contribution in [1.29, 1.82) is 0 Å². The Labute approximate surface area is 181 Å². The number of fused-ring (bicyclic) bond motifs is 1. The monoisotopic (exact) mass is 441 g/mol. The first-order chi connectivity index (χ1) is 14.7. The van der Waals surface area contributed by atoms with Crippen molar-refractivity contribution in [3.63, 3.8) is 0 Å². The summed E-state index contributed by atoms with van der Waals surface area (Å²) >= 11 is 2.98. The van der Waals surface area contributed by atoms with Gasteiger partial charge in [-0.15, -0.1) is 21.5 Å². The smallest absolute Gasteiger partial charge is 0.191 e. The van der Waals surface area contributed by atoms with Crippen LogP contribution in [0.2, 0.25) is 0 Å². The molecule has 0 aliphatic carbocycles. The number of pyridine rings is 1. The van der Waals surface area contributed by atoms with Crippen molar-refractivity contribution in [1.82, 2.24) is 19.7 Å². The van der Waals surface area contributed by atoms with Gasteiger partial charge in [0.2, 0.25) is 0 Å². The number of halogens is 1. The second-order valence-electron chi connectivity index (χ2n) is 7.13. The van der Waals surface area contributed by atoms with Crippen LogP contribution in [0.4, 0.5) is 10.1 Å². The Kier molecular flexibility index (Phi) is 5.41. The SMILES string of the molecule is Nc1c(-c2nnc(SCc3ccccc3F)n2CC2CCCO2)sc2ncccc12. The Balaban J connectivity index is 1.51. The normalized spacial score (nSPS) is 16.5. The first-order valence-corrected chi connectivity index (χ1v) is 11.6. The van der Waals surface area contributed by atoms with Crippen LogP contribution in [0, 0.1) is 5.82 Å². The number of nitrogens with zero attached hydrogens (tertiary/aromatic N) is 4. The van der Waals surface area contributed by atoms with Crippen LogP contribution in [0.1, 0.15) is 18.4 Å². The third-order valence-corrected chi connectivity index (χ3v) is 7.29. The van der Waals surface area contributed by atoms with Gasteiger partial charge >= 0.3 is 0 Å². The highest BCUT2D eigenvalue weighted by molar-refractivity contribution is 7.98. The molecule has 0 bridgehead atoms. The Morgan fingerprint density at radius 2 is 2.13 bits per heavy atom. The molecule has 1 aliphatic heterocycles. The van der Waals surface area contributed by atoms with E-state index >= 15 is 0 Å². The van der Waals surface area contributed by atoms with E-state index in [-0.39, 0.29) is 11.9 Å². The Morgan fingerprint density at radius 1 is 1.23 bits per heavy atom. The molecule has 3 aromatic heterocycles. The van der Waals surface area contributed by atoms with E-state index < -0.39 is 0 Å². The van der Waals surface area contributed by atoms with Crippen LogP contribution in [-0.4, -0.2) is 32.5 Å². The van der Waals surface area contributed by atoms with E-state index in [9.17, 15) is 4.39 Å². The molecule has 0 spiro atoms. The number of rotatable bonds is 6. The van der Waals surface area contributed by atoms with E-state index in [1.807, 2.05) is 18.2 Å². The van der Waals surface area contributed by atoms with Gasteiger partial charge in [-0.05, 0) is 36.6 Å². The van der Waals surface area contributed by atoms with E-state index in [0.29, 0.717) is 29.4 Å². The molecule has 1 unspecified atom stereocenters. The average Bonchev–Trinajstić information content (AvgIpc) is 3.48. The van der Waals surface area contributed by atoms with Crippen LogP contribution >= 0.6 is 23.1 Å². The van der Waals surface area contributed by atoms with E-state index in [4.69, 9.17) is 10.5 Å². The fraction of sp³-hybridized carbons (Fsp3) is 0.286. The van der Waals surface area contributed by atoms with Crippen molar-refractivity contribution in [2.75, 3.05) is 12.3 Å². The summed E-state index contributed by atoms with van der Waals surface area (Å²) in [5.41, 5.74) is 7.75. The number of nitrogen functional groups attached to an aromatic ring is 1. The van der Waals surface area contributed by atoms with Crippen molar-refractivity contribution in [3.05, 3.63) is 54.0 Å². The van der Waals surface area contributed by atoms with Gasteiger partial charge in [-0.2, -0.15) is 0 Å². The standard InChI is InChI=1S/C21H20FN5OS2/c22-16-8-2-1-5-13(16)12-29-21-26-25-19(27(21)11-14-6-4-10-28-14)18-17(23)15-7-3-9-24-20(15)30-18/h1-3,5,7-9,14H,4,6,10-12,23H2. The number of aromatic nitrogens is 4. The number of hydrogen-bond acceptors (Lipinski definition) is 7. The van der Waals surface area contributed by atoms with Gasteiger partial charge in [0.25, 0.3) is 0 Å². The van der Waals surface area contributed by atoms with Crippen LogP contribution in [0.15, 0.2) is 47.8 Å². The van der Waals surface area contributed by atoms with E-state index in [1.54, 1.807) is 18.3 Å². The molecular weight excluding hydrogens is 421 g/mol. The topological polar surface area (TPSA) is 78.8 Å². The lowest BCUT2D eigenvalue weighted by Crippen LogP contribution is -2.16. The molecule has 4 heterocycles. The quantitative estimate of drug-likeness (QED) is 0.435. The summed E-state index contributed by atoms with van der Waals surface area (Å²) in [5, 5.41) is 10.5. The highest BCUT2D eigenvalue weighted by atomic mass is 32.2. The summed E-state index contributed by atoms with van der Waals surface area (Å²) in [6, 6.07) is 10.6.